The molecule has 0 fully saturated rings. The monoisotopic (exact) mass is 225 g/mol. The molecule has 0 saturated carbocycles. The first-order chi connectivity index (χ1) is 7.47. The average Bonchev–Trinajstić information content (AvgIpc) is 2.56. The van der Waals surface area contributed by atoms with Crippen molar-refractivity contribution in [3.8, 4) is 0 Å². The summed E-state index contributed by atoms with van der Waals surface area (Å²) in [5, 5.41) is 14.2. The quantitative estimate of drug-likeness (QED) is 0.328. The average molecular weight is 225 g/mol. The van der Waals surface area contributed by atoms with Crippen molar-refractivity contribution in [1.82, 2.24) is 10.1 Å². The van der Waals surface area contributed by atoms with Gasteiger partial charge in [0.1, 0.15) is 0 Å². The zero-order chi connectivity index (χ0) is 12.3. The number of hydrogen-bond donors (Lipinski definition) is 0. The van der Waals surface area contributed by atoms with Crippen molar-refractivity contribution in [3.63, 3.8) is 0 Å². The molecule has 86 valence electrons. The van der Waals surface area contributed by atoms with Crippen LogP contribution in [0.15, 0.2) is 10.7 Å². The summed E-state index contributed by atoms with van der Waals surface area (Å²) >= 11 is 0. The van der Waals surface area contributed by atoms with Crippen molar-refractivity contribution in [3.05, 3.63) is 27.8 Å². The number of nitrogens with zero attached hydrogens (tertiary/aromatic N) is 3. The van der Waals surface area contributed by atoms with Crippen LogP contribution >= 0.6 is 0 Å². The molecular formula is C9H11N3O4. The third-order valence-corrected chi connectivity index (χ3v) is 1.80. The number of aromatic nitrogens is 1. The second kappa shape index (κ2) is 4.56. The maximum atomic E-state index is 10.8. The summed E-state index contributed by atoms with van der Waals surface area (Å²) in [5.41, 5.74) is -0.0518. The fraction of sp³-hybridized carbons (Fsp3) is 0.333. The van der Waals surface area contributed by atoms with Gasteiger partial charge in [-0.15, -0.1) is 0 Å². The molecule has 1 heterocycles. The summed E-state index contributed by atoms with van der Waals surface area (Å²) < 4.78 is 4.79. The minimum atomic E-state index is -0.617. The maximum Gasteiger partial charge on any atom is 0.339 e. The molecule has 7 heteroatoms. The minimum absolute atomic E-state index is 0.0808. The molecule has 1 aromatic heterocycles. The molecule has 0 spiro atoms. The lowest BCUT2D eigenvalue weighted by Gasteiger charge is -2.04. The van der Waals surface area contributed by atoms with Crippen LogP contribution in [0.5, 0.6) is 0 Å². The van der Waals surface area contributed by atoms with Crippen molar-refractivity contribution >= 4 is 17.5 Å². The first-order valence-electron chi connectivity index (χ1n) is 4.41. The molecule has 1 aromatic rings. The van der Waals surface area contributed by atoms with Gasteiger partial charge < -0.3 is 9.42 Å². The number of aldehydes is 1. The Balaban J connectivity index is 3.31. The second-order valence-corrected chi connectivity index (χ2v) is 3.37. The molecule has 0 radical (unpaired) electrons. The van der Waals surface area contributed by atoms with Gasteiger partial charge in [0.15, 0.2) is 12.0 Å². The van der Waals surface area contributed by atoms with Gasteiger partial charge in [-0.25, -0.2) is 0 Å². The standard InChI is InChI=1S/C9H11N3O4/c1-6-8(12(14)15)9(16-10-6)7(5-13)4-11(2)3/h4-5H,1-3H3. The molecule has 16 heavy (non-hydrogen) atoms. The van der Waals surface area contributed by atoms with Crippen molar-refractivity contribution in [2.24, 2.45) is 0 Å². The number of carbonyl (C=O) groups is 1. The van der Waals surface area contributed by atoms with E-state index in [9.17, 15) is 14.9 Å². The van der Waals surface area contributed by atoms with Crippen molar-refractivity contribution in [2.75, 3.05) is 14.1 Å². The Kier molecular flexibility index (Phi) is 3.39. The van der Waals surface area contributed by atoms with Crippen LogP contribution in [0.25, 0.3) is 5.57 Å². The van der Waals surface area contributed by atoms with E-state index >= 15 is 0 Å². The second-order valence-electron chi connectivity index (χ2n) is 3.37. The van der Waals surface area contributed by atoms with Gasteiger partial charge in [-0.05, 0) is 6.92 Å². The predicted octanol–water partition coefficient (Wildman–Crippen LogP) is 0.993. The Morgan fingerprint density at radius 2 is 2.19 bits per heavy atom. The van der Waals surface area contributed by atoms with E-state index in [4.69, 9.17) is 4.52 Å². The number of rotatable bonds is 4. The van der Waals surface area contributed by atoms with Crippen LogP contribution in [0.3, 0.4) is 0 Å². The van der Waals surface area contributed by atoms with Gasteiger partial charge in [0.05, 0.1) is 10.5 Å². The third kappa shape index (κ3) is 2.25. The van der Waals surface area contributed by atoms with Crippen LogP contribution in [0.2, 0.25) is 0 Å². The van der Waals surface area contributed by atoms with Crippen LogP contribution in [-0.4, -0.2) is 35.4 Å². The van der Waals surface area contributed by atoms with E-state index in [1.54, 1.807) is 19.0 Å². The van der Waals surface area contributed by atoms with E-state index in [2.05, 4.69) is 5.16 Å². The Bertz CT molecular complexity index is 448. The fourth-order valence-electron chi connectivity index (χ4n) is 1.19. The largest absolute Gasteiger partial charge is 0.383 e. The summed E-state index contributed by atoms with van der Waals surface area (Å²) in [5.74, 6) is -0.119. The normalized spacial score (nSPS) is 11.3. The number of nitro groups is 1. The van der Waals surface area contributed by atoms with Crippen molar-refractivity contribution < 1.29 is 14.2 Å². The van der Waals surface area contributed by atoms with Gasteiger partial charge in [0, 0.05) is 20.3 Å². The molecule has 0 N–H and O–H groups in total. The summed E-state index contributed by atoms with van der Waals surface area (Å²) in [6.07, 6.45) is 1.92. The van der Waals surface area contributed by atoms with E-state index < -0.39 is 4.92 Å². The van der Waals surface area contributed by atoms with Gasteiger partial charge in [0.25, 0.3) is 0 Å². The van der Waals surface area contributed by atoms with Crippen molar-refractivity contribution in [2.45, 2.75) is 6.92 Å². The molecule has 0 aromatic carbocycles. The molecule has 0 unspecified atom stereocenters. The van der Waals surface area contributed by atoms with Crippen LogP contribution in [0.1, 0.15) is 11.5 Å². The Morgan fingerprint density at radius 3 is 2.62 bits per heavy atom. The van der Waals surface area contributed by atoms with E-state index in [0.29, 0.717) is 6.29 Å². The number of carbonyl (C=O) groups excluding carboxylic acids is 1. The number of aryl methyl sites for hydroxylation is 1. The molecule has 0 bridgehead atoms. The highest BCUT2D eigenvalue weighted by atomic mass is 16.6. The van der Waals surface area contributed by atoms with E-state index in [1.807, 2.05) is 0 Å². The molecule has 0 aliphatic carbocycles. The molecule has 7 nitrogen and oxygen atoms in total. The third-order valence-electron chi connectivity index (χ3n) is 1.80. The summed E-state index contributed by atoms with van der Waals surface area (Å²) in [7, 11) is 3.39. The first kappa shape index (κ1) is 11.9. The highest BCUT2D eigenvalue weighted by molar-refractivity contribution is 6.07. The first-order valence-corrected chi connectivity index (χ1v) is 4.41. The van der Waals surface area contributed by atoms with Crippen LogP contribution < -0.4 is 0 Å². The number of hydrogen-bond acceptors (Lipinski definition) is 6. The fourth-order valence-corrected chi connectivity index (χ4v) is 1.19. The predicted molar refractivity (Wildman–Crippen MR) is 55.6 cm³/mol. The molecule has 0 atom stereocenters. The maximum absolute atomic E-state index is 10.8. The van der Waals surface area contributed by atoms with Gasteiger partial charge in [-0.1, -0.05) is 5.16 Å². The van der Waals surface area contributed by atoms with E-state index in [1.165, 1.54) is 13.1 Å². The lowest BCUT2D eigenvalue weighted by Crippen LogP contribution is -2.04. The highest BCUT2D eigenvalue weighted by Gasteiger charge is 2.26. The van der Waals surface area contributed by atoms with Gasteiger partial charge >= 0.3 is 5.69 Å². The number of allylic oxidation sites excluding steroid dienone is 1. The molecule has 0 aliphatic heterocycles. The van der Waals surface area contributed by atoms with Crippen LogP contribution in [0.4, 0.5) is 5.69 Å². The molecular weight excluding hydrogens is 214 g/mol. The van der Waals surface area contributed by atoms with E-state index in [0.717, 1.165) is 0 Å². The van der Waals surface area contributed by atoms with Crippen molar-refractivity contribution in [1.29, 1.82) is 0 Å². The zero-order valence-electron chi connectivity index (χ0n) is 9.13. The Hall–Kier alpha value is -2.18. The Labute approximate surface area is 91.5 Å². The molecule has 0 amide bonds. The summed E-state index contributed by atoms with van der Waals surface area (Å²) in [6, 6.07) is 0. The smallest absolute Gasteiger partial charge is 0.339 e. The van der Waals surface area contributed by atoms with E-state index in [-0.39, 0.29) is 22.7 Å². The molecule has 0 aliphatic rings. The zero-order valence-corrected chi connectivity index (χ0v) is 9.13. The summed E-state index contributed by atoms with van der Waals surface area (Å²) in [6.45, 7) is 1.45. The SMILES string of the molecule is Cc1noc(C(C=O)=CN(C)C)c1[N+](=O)[O-]. The summed E-state index contributed by atoms with van der Waals surface area (Å²) in [4.78, 5) is 22.6. The van der Waals surface area contributed by atoms with Gasteiger partial charge in [-0.2, -0.15) is 0 Å². The molecule has 0 saturated heterocycles. The Morgan fingerprint density at radius 1 is 1.56 bits per heavy atom. The topological polar surface area (TPSA) is 89.5 Å². The van der Waals surface area contributed by atoms with Crippen LogP contribution in [0, 0.1) is 17.0 Å². The lowest BCUT2D eigenvalue weighted by molar-refractivity contribution is -0.386. The van der Waals surface area contributed by atoms with Gasteiger partial charge in [0.2, 0.25) is 5.76 Å². The highest BCUT2D eigenvalue weighted by Crippen LogP contribution is 2.28. The minimum Gasteiger partial charge on any atom is -0.383 e. The van der Waals surface area contributed by atoms with Gasteiger partial charge in [-0.3, -0.25) is 14.9 Å². The molecule has 1 rings (SSSR count). The van der Waals surface area contributed by atoms with Crippen LogP contribution in [-0.2, 0) is 4.79 Å². The lowest BCUT2D eigenvalue weighted by atomic mass is 10.2.